The highest BCUT2D eigenvalue weighted by Gasteiger charge is 2.11. The highest BCUT2D eigenvalue weighted by molar-refractivity contribution is 7.71. The van der Waals surface area contributed by atoms with Gasteiger partial charge < -0.3 is 15.0 Å². The van der Waals surface area contributed by atoms with Gasteiger partial charge in [-0.1, -0.05) is 11.6 Å². The van der Waals surface area contributed by atoms with Crippen LogP contribution in [0.25, 0.3) is 10.9 Å². The lowest BCUT2D eigenvalue weighted by atomic mass is 10.1. The van der Waals surface area contributed by atoms with E-state index >= 15 is 0 Å². The van der Waals surface area contributed by atoms with Gasteiger partial charge in [0.15, 0.2) is 4.77 Å². The second-order valence-corrected chi connectivity index (χ2v) is 6.15. The molecule has 0 fully saturated rings. The number of carbonyl (C=O) groups is 1. The lowest BCUT2D eigenvalue weighted by Crippen LogP contribution is -2.19. The number of nitrogens with one attached hydrogen (secondary N) is 2. The number of rotatable bonds is 3. The van der Waals surface area contributed by atoms with E-state index < -0.39 is 0 Å². The molecule has 3 rings (SSSR count). The fourth-order valence-electron chi connectivity index (χ4n) is 2.39. The topological polar surface area (TPSA) is 76.1 Å². The summed E-state index contributed by atoms with van der Waals surface area (Å²) in [5, 5.41) is 3.61. The smallest absolute Gasteiger partial charge is 0.261 e. The van der Waals surface area contributed by atoms with Crippen molar-refractivity contribution >= 4 is 46.3 Å². The van der Waals surface area contributed by atoms with Crippen molar-refractivity contribution in [3.05, 3.63) is 62.1 Å². The zero-order chi connectivity index (χ0) is 18.1. The minimum absolute atomic E-state index is 0.215. The van der Waals surface area contributed by atoms with Gasteiger partial charge in [0.1, 0.15) is 5.75 Å². The van der Waals surface area contributed by atoms with E-state index in [2.05, 4.69) is 10.3 Å². The SMILES string of the molecule is COc1ccc(NC(=O)c2ccc3c(=O)n(C)c(=S)[nH]c3c2)cc1Cl. The first kappa shape index (κ1) is 17.2. The summed E-state index contributed by atoms with van der Waals surface area (Å²) in [5.74, 6) is 0.192. The van der Waals surface area contributed by atoms with Gasteiger partial charge in [-0.3, -0.25) is 14.2 Å². The molecule has 2 N–H and O–H groups in total. The van der Waals surface area contributed by atoms with E-state index in [0.717, 1.165) is 0 Å². The summed E-state index contributed by atoms with van der Waals surface area (Å²) in [5.41, 5.74) is 1.22. The molecule has 8 heteroatoms. The molecule has 6 nitrogen and oxygen atoms in total. The first-order valence-electron chi connectivity index (χ1n) is 7.28. The number of halogens is 1. The lowest BCUT2D eigenvalue weighted by Gasteiger charge is -2.09. The fraction of sp³-hybridized carbons (Fsp3) is 0.118. The lowest BCUT2D eigenvalue weighted by molar-refractivity contribution is 0.102. The number of fused-ring (bicyclic) bond motifs is 1. The molecule has 0 aliphatic rings. The van der Waals surface area contributed by atoms with Crippen LogP contribution in [0.5, 0.6) is 5.75 Å². The Labute approximate surface area is 153 Å². The number of carbonyl (C=O) groups excluding carboxylic acids is 1. The summed E-state index contributed by atoms with van der Waals surface area (Å²) in [6.07, 6.45) is 0. The van der Waals surface area contributed by atoms with Crippen molar-refractivity contribution in [3.63, 3.8) is 0 Å². The molecular weight excluding hydrogens is 362 g/mol. The molecule has 0 atom stereocenters. The molecule has 128 valence electrons. The van der Waals surface area contributed by atoms with Gasteiger partial charge in [0.25, 0.3) is 11.5 Å². The summed E-state index contributed by atoms with van der Waals surface area (Å²) in [6.45, 7) is 0. The van der Waals surface area contributed by atoms with E-state index in [9.17, 15) is 9.59 Å². The molecule has 0 saturated carbocycles. The highest BCUT2D eigenvalue weighted by atomic mass is 35.5. The van der Waals surface area contributed by atoms with Gasteiger partial charge in [0, 0.05) is 18.3 Å². The molecule has 3 aromatic rings. The van der Waals surface area contributed by atoms with Crippen LogP contribution >= 0.6 is 23.8 Å². The second kappa shape index (κ2) is 6.70. The number of aromatic amines is 1. The molecule has 0 bridgehead atoms. The maximum Gasteiger partial charge on any atom is 0.261 e. The first-order chi connectivity index (χ1) is 11.9. The maximum absolute atomic E-state index is 12.5. The van der Waals surface area contributed by atoms with Gasteiger partial charge in [0.05, 0.1) is 23.0 Å². The van der Waals surface area contributed by atoms with Gasteiger partial charge in [0.2, 0.25) is 0 Å². The zero-order valence-electron chi connectivity index (χ0n) is 13.4. The van der Waals surface area contributed by atoms with Crippen molar-refractivity contribution in [1.82, 2.24) is 9.55 Å². The Hall–Kier alpha value is -2.64. The van der Waals surface area contributed by atoms with Crippen molar-refractivity contribution in [2.75, 3.05) is 12.4 Å². The van der Waals surface area contributed by atoms with E-state index in [-0.39, 0.29) is 16.2 Å². The van der Waals surface area contributed by atoms with E-state index in [1.807, 2.05) is 0 Å². The molecule has 2 aromatic carbocycles. The Kier molecular flexibility index (Phi) is 4.61. The van der Waals surface area contributed by atoms with Crippen LogP contribution in [-0.4, -0.2) is 22.6 Å². The number of methoxy groups -OCH3 is 1. The van der Waals surface area contributed by atoms with Crippen molar-refractivity contribution in [1.29, 1.82) is 0 Å². The van der Waals surface area contributed by atoms with Crippen LogP contribution < -0.4 is 15.6 Å². The van der Waals surface area contributed by atoms with Crippen LogP contribution in [0, 0.1) is 4.77 Å². The molecule has 25 heavy (non-hydrogen) atoms. The number of H-pyrrole nitrogens is 1. The summed E-state index contributed by atoms with van der Waals surface area (Å²) in [6, 6.07) is 9.72. The highest BCUT2D eigenvalue weighted by Crippen LogP contribution is 2.27. The monoisotopic (exact) mass is 375 g/mol. The molecule has 0 aliphatic heterocycles. The number of hydrogen-bond acceptors (Lipinski definition) is 4. The second-order valence-electron chi connectivity index (χ2n) is 5.36. The number of ether oxygens (including phenoxy) is 1. The number of aromatic nitrogens is 2. The third-order valence-electron chi connectivity index (χ3n) is 3.77. The van der Waals surface area contributed by atoms with E-state index in [0.29, 0.717) is 32.9 Å². The predicted molar refractivity (Wildman–Crippen MR) is 100 cm³/mol. The zero-order valence-corrected chi connectivity index (χ0v) is 15.0. The van der Waals surface area contributed by atoms with Crippen LogP contribution in [-0.2, 0) is 7.05 Å². The predicted octanol–water partition coefficient (Wildman–Crippen LogP) is 3.51. The molecular formula is C17H14ClN3O3S. The van der Waals surface area contributed by atoms with Crippen LogP contribution in [0.15, 0.2) is 41.2 Å². The Morgan fingerprint density at radius 1 is 1.28 bits per heavy atom. The Bertz CT molecular complexity index is 1100. The summed E-state index contributed by atoms with van der Waals surface area (Å²) >= 11 is 11.2. The molecule has 1 aromatic heterocycles. The van der Waals surface area contributed by atoms with Crippen molar-refractivity contribution in [2.24, 2.45) is 7.05 Å². The van der Waals surface area contributed by atoms with E-state index in [4.69, 9.17) is 28.6 Å². The third-order valence-corrected chi connectivity index (χ3v) is 4.44. The minimum Gasteiger partial charge on any atom is -0.495 e. The average Bonchev–Trinajstić information content (AvgIpc) is 2.59. The van der Waals surface area contributed by atoms with Gasteiger partial charge in [-0.05, 0) is 48.6 Å². The third kappa shape index (κ3) is 3.29. The summed E-state index contributed by atoms with van der Waals surface area (Å²) in [4.78, 5) is 27.6. The first-order valence-corrected chi connectivity index (χ1v) is 8.07. The van der Waals surface area contributed by atoms with Crippen molar-refractivity contribution < 1.29 is 9.53 Å². The van der Waals surface area contributed by atoms with Crippen LogP contribution in [0.1, 0.15) is 10.4 Å². The Morgan fingerprint density at radius 3 is 2.72 bits per heavy atom. The summed E-state index contributed by atoms with van der Waals surface area (Å²) in [7, 11) is 3.11. The van der Waals surface area contributed by atoms with Crippen LogP contribution in [0.3, 0.4) is 0 Å². The van der Waals surface area contributed by atoms with Gasteiger partial charge in [-0.15, -0.1) is 0 Å². The van der Waals surface area contributed by atoms with Crippen LogP contribution in [0.4, 0.5) is 5.69 Å². The van der Waals surface area contributed by atoms with Gasteiger partial charge in [-0.25, -0.2) is 0 Å². The van der Waals surface area contributed by atoms with E-state index in [1.54, 1.807) is 43.4 Å². The maximum atomic E-state index is 12.5. The number of benzene rings is 2. The molecule has 1 heterocycles. The standard InChI is InChI=1S/C17H14ClN3O3S/c1-21-16(23)11-5-3-9(7-13(11)20-17(21)25)15(22)19-10-4-6-14(24-2)12(18)8-10/h3-8H,1-2H3,(H,19,22)(H,20,25). The molecule has 1 amide bonds. The average molecular weight is 376 g/mol. The van der Waals surface area contributed by atoms with Crippen LogP contribution in [0.2, 0.25) is 5.02 Å². The number of hydrogen-bond donors (Lipinski definition) is 2. The van der Waals surface area contributed by atoms with Gasteiger partial charge >= 0.3 is 0 Å². The largest absolute Gasteiger partial charge is 0.495 e. The number of amides is 1. The Morgan fingerprint density at radius 2 is 2.04 bits per heavy atom. The molecule has 0 radical (unpaired) electrons. The number of anilines is 1. The molecule has 0 unspecified atom stereocenters. The van der Waals surface area contributed by atoms with Crippen molar-refractivity contribution in [2.45, 2.75) is 0 Å². The molecule has 0 aliphatic carbocycles. The quantitative estimate of drug-likeness (QED) is 0.687. The minimum atomic E-state index is -0.330. The van der Waals surface area contributed by atoms with E-state index in [1.165, 1.54) is 11.7 Å². The van der Waals surface area contributed by atoms with Crippen molar-refractivity contribution in [3.8, 4) is 5.75 Å². The Balaban J connectivity index is 1.95. The normalized spacial score (nSPS) is 10.7. The molecule has 0 saturated heterocycles. The number of nitrogens with zero attached hydrogens (tertiary/aromatic N) is 1. The van der Waals surface area contributed by atoms with Gasteiger partial charge in [-0.2, -0.15) is 0 Å². The summed E-state index contributed by atoms with van der Waals surface area (Å²) < 4.78 is 6.71. The molecule has 0 spiro atoms. The fourth-order valence-corrected chi connectivity index (χ4v) is 2.85.